The minimum absolute atomic E-state index is 0. The Morgan fingerprint density at radius 3 is 2.46 bits per heavy atom. The summed E-state index contributed by atoms with van der Waals surface area (Å²) in [6, 6.07) is 20.7. The lowest BCUT2D eigenvalue weighted by atomic mass is 10.1. The Labute approximate surface area is 216 Å². The van der Waals surface area contributed by atoms with Crippen molar-refractivity contribution < 1.29 is 19.4 Å². The Hall–Kier alpha value is -3.14. The molecule has 5 rings (SSSR count). The molecule has 3 aromatic carbocycles. The molecular formula is C25H22ClN3O4S2. The van der Waals surface area contributed by atoms with Crippen molar-refractivity contribution >= 4 is 58.1 Å². The van der Waals surface area contributed by atoms with Crippen LogP contribution in [0.1, 0.15) is 24.4 Å². The lowest BCUT2D eigenvalue weighted by molar-refractivity contribution is -0.118. The number of nitrogens with one attached hydrogen (secondary N) is 2. The van der Waals surface area contributed by atoms with Crippen molar-refractivity contribution in [2.45, 2.75) is 34.5 Å². The molecule has 0 bridgehead atoms. The third-order valence-electron chi connectivity index (χ3n) is 5.35. The van der Waals surface area contributed by atoms with Gasteiger partial charge in [0, 0.05) is 9.79 Å². The lowest BCUT2D eigenvalue weighted by Crippen LogP contribution is -2.25. The third-order valence-corrected chi connectivity index (χ3v) is 7.33. The highest BCUT2D eigenvalue weighted by Gasteiger charge is 2.31. The second kappa shape index (κ2) is 10.6. The molecule has 0 aliphatic carbocycles. The molecule has 1 fully saturated rings. The predicted molar refractivity (Wildman–Crippen MR) is 140 cm³/mol. The molecule has 1 aromatic heterocycles. The van der Waals surface area contributed by atoms with E-state index in [1.807, 2.05) is 61.5 Å². The number of halogens is 1. The number of aromatic amines is 1. The first-order valence-electron chi connectivity index (χ1n) is 10.7. The average Bonchev–Trinajstić information content (AvgIpc) is 3.38. The number of phenols is 1. The molecule has 7 nitrogen and oxygen atoms in total. The van der Waals surface area contributed by atoms with Crippen molar-refractivity contribution in [3.05, 3.63) is 78.1 Å². The van der Waals surface area contributed by atoms with Crippen LogP contribution >= 0.6 is 35.9 Å². The predicted octanol–water partition coefficient (Wildman–Crippen LogP) is 5.88. The fourth-order valence-electron chi connectivity index (χ4n) is 3.62. The Bertz CT molecular complexity index is 1360. The van der Waals surface area contributed by atoms with Gasteiger partial charge in [0.05, 0.1) is 16.3 Å². The highest BCUT2D eigenvalue weighted by atomic mass is 35.5. The summed E-state index contributed by atoms with van der Waals surface area (Å²) < 4.78 is 6.07. The van der Waals surface area contributed by atoms with Crippen molar-refractivity contribution in [3.8, 4) is 11.5 Å². The van der Waals surface area contributed by atoms with Gasteiger partial charge >= 0.3 is 0 Å². The van der Waals surface area contributed by atoms with Gasteiger partial charge in [-0.2, -0.15) is 0 Å². The number of H-pyrrole nitrogens is 1. The topological polar surface area (TPSA) is 104 Å². The molecule has 0 radical (unpaired) electrons. The molecule has 2 atom stereocenters. The number of carbonyl (C=O) groups is 2. The molecule has 1 aliphatic rings. The van der Waals surface area contributed by atoms with Crippen LogP contribution in [0.3, 0.4) is 0 Å². The van der Waals surface area contributed by atoms with Crippen LogP contribution in [-0.2, 0) is 11.2 Å². The quantitative estimate of drug-likeness (QED) is 0.276. The summed E-state index contributed by atoms with van der Waals surface area (Å²) in [4.78, 5) is 33.2. The zero-order valence-corrected chi connectivity index (χ0v) is 21.0. The van der Waals surface area contributed by atoms with E-state index in [-0.39, 0.29) is 40.7 Å². The number of benzene rings is 3. The Morgan fingerprint density at radius 1 is 1.06 bits per heavy atom. The molecule has 10 heteroatoms. The third kappa shape index (κ3) is 5.93. The van der Waals surface area contributed by atoms with E-state index in [0.717, 1.165) is 44.0 Å². The molecule has 2 heterocycles. The summed E-state index contributed by atoms with van der Waals surface area (Å²) in [5.74, 6) is 1.43. The number of fused-ring (bicyclic) bond motifs is 1. The number of carbonyl (C=O) groups excluding carboxylic acids is 2. The van der Waals surface area contributed by atoms with Gasteiger partial charge in [-0.05, 0) is 73.5 Å². The molecule has 2 amide bonds. The maximum Gasteiger partial charge on any atom is 0.286 e. The number of aromatic hydroxyl groups is 1. The van der Waals surface area contributed by atoms with Crippen LogP contribution in [0.15, 0.2) is 76.5 Å². The second-order valence-electron chi connectivity index (χ2n) is 7.89. The van der Waals surface area contributed by atoms with Crippen molar-refractivity contribution in [2.75, 3.05) is 0 Å². The van der Waals surface area contributed by atoms with Crippen molar-refractivity contribution in [1.82, 2.24) is 15.3 Å². The van der Waals surface area contributed by atoms with Gasteiger partial charge in [0.25, 0.3) is 5.24 Å². The number of thioether (sulfide) groups is 1. The van der Waals surface area contributed by atoms with E-state index in [0.29, 0.717) is 12.2 Å². The molecule has 35 heavy (non-hydrogen) atoms. The van der Waals surface area contributed by atoms with Gasteiger partial charge in [0.1, 0.15) is 17.3 Å². The van der Waals surface area contributed by atoms with Gasteiger partial charge in [0.2, 0.25) is 5.91 Å². The van der Waals surface area contributed by atoms with Gasteiger partial charge in [0.15, 0.2) is 6.10 Å². The van der Waals surface area contributed by atoms with Crippen molar-refractivity contribution in [1.29, 1.82) is 0 Å². The van der Waals surface area contributed by atoms with E-state index in [9.17, 15) is 14.7 Å². The van der Waals surface area contributed by atoms with Crippen LogP contribution in [0.25, 0.3) is 11.0 Å². The van der Waals surface area contributed by atoms with Gasteiger partial charge in [-0.3, -0.25) is 14.9 Å². The first kappa shape index (κ1) is 25.0. The molecule has 3 N–H and O–H groups in total. The van der Waals surface area contributed by atoms with Gasteiger partial charge in [-0.25, -0.2) is 4.98 Å². The Kier molecular flexibility index (Phi) is 7.59. The van der Waals surface area contributed by atoms with Crippen LogP contribution in [0.4, 0.5) is 4.79 Å². The van der Waals surface area contributed by atoms with Crippen LogP contribution in [0, 0.1) is 0 Å². The summed E-state index contributed by atoms with van der Waals surface area (Å²) in [5.41, 5.74) is 2.74. The molecule has 0 saturated carbocycles. The number of aromatic nitrogens is 2. The maximum absolute atomic E-state index is 11.8. The summed E-state index contributed by atoms with van der Waals surface area (Å²) in [5, 5.41) is 11.1. The monoisotopic (exact) mass is 527 g/mol. The number of imide groups is 1. The van der Waals surface area contributed by atoms with E-state index in [1.54, 1.807) is 23.9 Å². The molecular weight excluding hydrogens is 506 g/mol. The highest BCUT2D eigenvalue weighted by Crippen LogP contribution is 2.31. The average molecular weight is 528 g/mol. The Balaban J connectivity index is 0.00000289. The van der Waals surface area contributed by atoms with Crippen LogP contribution in [0.2, 0.25) is 0 Å². The number of nitrogens with zero attached hydrogens (tertiary/aromatic N) is 1. The van der Waals surface area contributed by atoms with Gasteiger partial charge < -0.3 is 14.8 Å². The number of imidazole rings is 1. The molecule has 180 valence electrons. The number of hydrogen-bond acceptors (Lipinski definition) is 7. The van der Waals surface area contributed by atoms with E-state index in [4.69, 9.17) is 4.74 Å². The highest BCUT2D eigenvalue weighted by molar-refractivity contribution is 8.15. The molecule has 1 saturated heterocycles. The van der Waals surface area contributed by atoms with Gasteiger partial charge in [-0.15, -0.1) is 12.4 Å². The van der Waals surface area contributed by atoms with E-state index in [1.165, 1.54) is 0 Å². The number of phenolic OH excluding ortho intramolecular Hbond substituents is 1. The molecule has 4 aromatic rings. The fourth-order valence-corrected chi connectivity index (χ4v) is 5.34. The lowest BCUT2D eigenvalue weighted by Gasteiger charge is -2.13. The summed E-state index contributed by atoms with van der Waals surface area (Å²) >= 11 is 2.64. The smallest absolute Gasteiger partial charge is 0.286 e. The number of ether oxygens (including phenoxy) is 1. The van der Waals surface area contributed by atoms with Crippen molar-refractivity contribution in [3.63, 3.8) is 0 Å². The van der Waals surface area contributed by atoms with Gasteiger partial charge in [-0.1, -0.05) is 35.7 Å². The second-order valence-corrected chi connectivity index (χ2v) is 10.2. The minimum atomic E-state index is -0.383. The largest absolute Gasteiger partial charge is 0.508 e. The van der Waals surface area contributed by atoms with Crippen LogP contribution in [-0.4, -0.2) is 31.5 Å². The van der Waals surface area contributed by atoms with Crippen molar-refractivity contribution in [2.24, 2.45) is 0 Å². The SMILES string of the molecule is CC(Oc1ccc(CC2SC(=O)NC2=O)cc1)c1nc2ccc(Sc3ccc(O)cc3)cc2[nH]1.Cl. The normalized spacial score (nSPS) is 16.1. The minimum Gasteiger partial charge on any atom is -0.508 e. The van der Waals surface area contributed by atoms with Crippen LogP contribution < -0.4 is 10.1 Å². The van der Waals surface area contributed by atoms with E-state index in [2.05, 4.69) is 15.3 Å². The first-order chi connectivity index (χ1) is 16.4. The standard InChI is InChI=1S/C25H21N3O4S2.ClH/c1-14(32-17-6-2-15(3-7-17)12-22-24(30)28-25(31)34-22)23-26-20-11-10-19(13-21(20)27-23)33-18-8-4-16(29)5-9-18;/h2-11,13-14,22,29H,12H2,1H3,(H,26,27)(H,28,30,31);1H. The first-order valence-corrected chi connectivity index (χ1v) is 12.4. The number of hydrogen-bond donors (Lipinski definition) is 3. The summed E-state index contributed by atoms with van der Waals surface area (Å²) in [6.45, 7) is 1.93. The number of amides is 2. The Morgan fingerprint density at radius 2 is 1.77 bits per heavy atom. The zero-order valence-electron chi connectivity index (χ0n) is 18.6. The van der Waals surface area contributed by atoms with E-state index >= 15 is 0 Å². The molecule has 2 unspecified atom stereocenters. The summed E-state index contributed by atoms with van der Waals surface area (Å²) in [6.07, 6.45) is 0.201. The zero-order chi connectivity index (χ0) is 23.7. The molecule has 1 aliphatic heterocycles. The van der Waals surface area contributed by atoms with E-state index < -0.39 is 0 Å². The fraction of sp³-hybridized carbons (Fsp3) is 0.160. The molecule has 0 spiro atoms. The maximum atomic E-state index is 11.8. The summed E-state index contributed by atoms with van der Waals surface area (Å²) in [7, 11) is 0. The van der Waals surface area contributed by atoms with Crippen LogP contribution in [0.5, 0.6) is 11.5 Å². The number of rotatable bonds is 7.